The highest BCUT2D eigenvalue weighted by molar-refractivity contribution is 5.95. The summed E-state index contributed by atoms with van der Waals surface area (Å²) in [6.45, 7) is 5.08. The molecule has 1 aromatic heterocycles. The summed E-state index contributed by atoms with van der Waals surface area (Å²) in [4.78, 5) is 15.0. The van der Waals surface area contributed by atoms with Crippen LogP contribution in [0, 0.1) is 6.92 Å². The summed E-state index contributed by atoms with van der Waals surface area (Å²) in [5.74, 6) is -0.808. The minimum atomic E-state index is -4.73. The van der Waals surface area contributed by atoms with E-state index < -0.39 is 23.3 Å². The van der Waals surface area contributed by atoms with Crippen LogP contribution in [0.5, 0.6) is 0 Å². The van der Waals surface area contributed by atoms with Gasteiger partial charge in [0.15, 0.2) is 5.69 Å². The van der Waals surface area contributed by atoms with Crippen molar-refractivity contribution in [3.8, 4) is 5.69 Å². The van der Waals surface area contributed by atoms with Crippen molar-refractivity contribution in [1.82, 2.24) is 20.0 Å². The van der Waals surface area contributed by atoms with Crippen LogP contribution in [0.3, 0.4) is 0 Å². The molecule has 32 heavy (non-hydrogen) atoms. The zero-order valence-corrected chi connectivity index (χ0v) is 17.8. The third-order valence-electron chi connectivity index (χ3n) is 5.64. The highest BCUT2D eigenvalue weighted by atomic mass is 19.4. The van der Waals surface area contributed by atoms with Crippen LogP contribution in [0.2, 0.25) is 0 Å². The van der Waals surface area contributed by atoms with E-state index in [1.807, 2.05) is 31.2 Å². The highest BCUT2D eigenvalue weighted by Crippen LogP contribution is 2.33. The van der Waals surface area contributed by atoms with Gasteiger partial charge in [-0.3, -0.25) is 9.69 Å². The molecule has 1 aliphatic heterocycles. The van der Waals surface area contributed by atoms with Crippen LogP contribution >= 0.6 is 0 Å². The number of aromatic nitrogens is 2. The number of benzene rings is 2. The lowest BCUT2D eigenvalue weighted by atomic mass is 10.1. The molecule has 8 heteroatoms. The second-order valence-corrected chi connectivity index (χ2v) is 8.13. The van der Waals surface area contributed by atoms with Crippen molar-refractivity contribution in [3.05, 3.63) is 82.7 Å². The number of alkyl halides is 3. The molecule has 0 spiro atoms. The normalized spacial score (nSPS) is 14.6. The van der Waals surface area contributed by atoms with Crippen LogP contribution in [0.1, 0.15) is 45.6 Å². The second kappa shape index (κ2) is 9.16. The molecule has 168 valence electrons. The van der Waals surface area contributed by atoms with E-state index in [4.69, 9.17) is 0 Å². The third-order valence-corrected chi connectivity index (χ3v) is 5.64. The SMILES string of the molecule is Cc1ccc(-n2ncc(C(=O)NCc3ccc(CN4CCCC4)cc3)c2C(F)(F)F)cc1. The molecule has 1 fully saturated rings. The molecule has 1 N–H and O–H groups in total. The van der Waals surface area contributed by atoms with E-state index in [9.17, 15) is 18.0 Å². The number of carbonyl (C=O) groups is 1. The predicted molar refractivity (Wildman–Crippen MR) is 115 cm³/mol. The monoisotopic (exact) mass is 442 g/mol. The van der Waals surface area contributed by atoms with Crippen molar-refractivity contribution >= 4 is 5.91 Å². The van der Waals surface area contributed by atoms with Crippen LogP contribution in [-0.2, 0) is 19.3 Å². The number of carbonyl (C=O) groups excluding carboxylic acids is 1. The Morgan fingerprint density at radius 1 is 1.00 bits per heavy atom. The molecule has 3 aromatic rings. The molecule has 4 rings (SSSR count). The fourth-order valence-corrected chi connectivity index (χ4v) is 3.91. The van der Waals surface area contributed by atoms with Gasteiger partial charge in [-0.05, 0) is 56.1 Å². The standard InChI is InChI=1S/C24H25F3N4O/c1-17-4-10-20(11-5-17)31-22(24(25,26)27)21(15-29-31)23(32)28-14-18-6-8-19(9-7-18)16-30-12-2-3-13-30/h4-11,15H,2-3,12-14,16H2,1H3,(H,28,32). The predicted octanol–water partition coefficient (Wildman–Crippen LogP) is 4.73. The van der Waals surface area contributed by atoms with Crippen LogP contribution in [-0.4, -0.2) is 33.7 Å². The summed E-state index contributed by atoms with van der Waals surface area (Å²) in [7, 11) is 0. The van der Waals surface area contributed by atoms with Gasteiger partial charge in [-0.2, -0.15) is 18.3 Å². The molecule has 0 bridgehead atoms. The number of rotatable bonds is 6. The van der Waals surface area contributed by atoms with Crippen molar-refractivity contribution in [2.24, 2.45) is 0 Å². The molecule has 1 saturated heterocycles. The van der Waals surface area contributed by atoms with Crippen molar-refractivity contribution in [3.63, 3.8) is 0 Å². The molecule has 1 aliphatic rings. The Balaban J connectivity index is 1.46. The molecule has 0 atom stereocenters. The molecule has 1 amide bonds. The fourth-order valence-electron chi connectivity index (χ4n) is 3.91. The lowest BCUT2D eigenvalue weighted by molar-refractivity contribution is -0.143. The Morgan fingerprint density at radius 2 is 1.62 bits per heavy atom. The van der Waals surface area contributed by atoms with Crippen LogP contribution in [0.15, 0.2) is 54.7 Å². The summed E-state index contributed by atoms with van der Waals surface area (Å²) in [6, 6.07) is 14.3. The molecule has 2 aromatic carbocycles. The maximum absolute atomic E-state index is 13.8. The zero-order chi connectivity index (χ0) is 22.7. The Bertz CT molecular complexity index is 1070. The first-order valence-corrected chi connectivity index (χ1v) is 10.6. The fraction of sp³-hybridized carbons (Fsp3) is 0.333. The number of hydrogen-bond donors (Lipinski definition) is 1. The van der Waals surface area contributed by atoms with Gasteiger partial charge in [-0.25, -0.2) is 4.68 Å². The highest BCUT2D eigenvalue weighted by Gasteiger charge is 2.40. The summed E-state index contributed by atoms with van der Waals surface area (Å²) in [5.41, 5.74) is 1.58. The lowest BCUT2D eigenvalue weighted by Gasteiger charge is -2.15. The summed E-state index contributed by atoms with van der Waals surface area (Å²) >= 11 is 0. The molecule has 2 heterocycles. The largest absolute Gasteiger partial charge is 0.434 e. The number of likely N-dealkylation sites (tertiary alicyclic amines) is 1. The molecule has 0 aliphatic carbocycles. The summed E-state index contributed by atoms with van der Waals surface area (Å²) in [6.07, 6.45) is -1.31. The molecule has 0 saturated carbocycles. The molecule has 0 radical (unpaired) electrons. The van der Waals surface area contributed by atoms with E-state index in [1.54, 1.807) is 24.3 Å². The van der Waals surface area contributed by atoms with Gasteiger partial charge in [-0.15, -0.1) is 0 Å². The Morgan fingerprint density at radius 3 is 2.25 bits per heavy atom. The van der Waals surface area contributed by atoms with Crippen molar-refractivity contribution in [2.45, 2.75) is 39.0 Å². The number of amides is 1. The van der Waals surface area contributed by atoms with Gasteiger partial charge in [0.2, 0.25) is 0 Å². The Labute approximate surface area is 184 Å². The van der Waals surface area contributed by atoms with E-state index in [2.05, 4.69) is 15.3 Å². The molecular weight excluding hydrogens is 417 g/mol. The van der Waals surface area contributed by atoms with Crippen molar-refractivity contribution in [1.29, 1.82) is 0 Å². The topological polar surface area (TPSA) is 50.2 Å². The quantitative estimate of drug-likeness (QED) is 0.601. The van der Waals surface area contributed by atoms with Gasteiger partial charge in [-0.1, -0.05) is 42.0 Å². The van der Waals surface area contributed by atoms with Gasteiger partial charge >= 0.3 is 6.18 Å². The van der Waals surface area contributed by atoms with E-state index >= 15 is 0 Å². The maximum atomic E-state index is 13.8. The Hall–Kier alpha value is -3.13. The van der Waals surface area contributed by atoms with Crippen molar-refractivity contribution in [2.75, 3.05) is 13.1 Å². The number of nitrogens with zero attached hydrogens (tertiary/aromatic N) is 3. The molecule has 5 nitrogen and oxygen atoms in total. The van der Waals surface area contributed by atoms with E-state index in [1.165, 1.54) is 18.4 Å². The lowest BCUT2D eigenvalue weighted by Crippen LogP contribution is -2.26. The summed E-state index contributed by atoms with van der Waals surface area (Å²) in [5, 5.41) is 6.44. The Kier molecular flexibility index (Phi) is 6.32. The minimum absolute atomic E-state index is 0.135. The first kappa shape index (κ1) is 22.1. The van der Waals surface area contributed by atoms with Crippen LogP contribution < -0.4 is 5.32 Å². The van der Waals surface area contributed by atoms with Gasteiger partial charge < -0.3 is 5.32 Å². The molecular formula is C24H25F3N4O. The number of aryl methyl sites for hydroxylation is 1. The number of halogens is 3. The summed E-state index contributed by atoms with van der Waals surface area (Å²) < 4.78 is 42.2. The zero-order valence-electron chi connectivity index (χ0n) is 17.8. The maximum Gasteiger partial charge on any atom is 0.434 e. The minimum Gasteiger partial charge on any atom is -0.348 e. The average molecular weight is 442 g/mol. The first-order valence-electron chi connectivity index (χ1n) is 10.6. The van der Waals surface area contributed by atoms with Gasteiger partial charge in [0.25, 0.3) is 5.91 Å². The second-order valence-electron chi connectivity index (χ2n) is 8.13. The van der Waals surface area contributed by atoms with Gasteiger partial charge in [0, 0.05) is 13.1 Å². The van der Waals surface area contributed by atoms with Gasteiger partial charge in [0.05, 0.1) is 17.4 Å². The number of nitrogens with one attached hydrogen (secondary N) is 1. The molecule has 0 unspecified atom stereocenters. The van der Waals surface area contributed by atoms with E-state index in [-0.39, 0.29) is 12.2 Å². The van der Waals surface area contributed by atoms with Crippen LogP contribution in [0.4, 0.5) is 13.2 Å². The van der Waals surface area contributed by atoms with Crippen molar-refractivity contribution < 1.29 is 18.0 Å². The average Bonchev–Trinajstić information content (AvgIpc) is 3.43. The van der Waals surface area contributed by atoms with Gasteiger partial charge in [0.1, 0.15) is 0 Å². The third kappa shape index (κ3) is 5.02. The first-order chi connectivity index (χ1) is 15.3. The van der Waals surface area contributed by atoms with Crippen LogP contribution in [0.25, 0.3) is 5.69 Å². The number of hydrogen-bond acceptors (Lipinski definition) is 3. The van der Waals surface area contributed by atoms with E-state index in [0.717, 1.165) is 41.6 Å². The smallest absolute Gasteiger partial charge is 0.348 e. The van der Waals surface area contributed by atoms with E-state index in [0.29, 0.717) is 0 Å².